The van der Waals surface area contributed by atoms with E-state index >= 15 is 0 Å². The summed E-state index contributed by atoms with van der Waals surface area (Å²) in [6.07, 6.45) is 2.54. The molecule has 10 heteroatoms. The number of hydrogen-bond donors (Lipinski definition) is 1. The molecule has 2 heterocycles. The lowest BCUT2D eigenvalue weighted by molar-refractivity contribution is -0.163. The van der Waals surface area contributed by atoms with E-state index in [0.29, 0.717) is 22.2 Å². The van der Waals surface area contributed by atoms with E-state index in [1.165, 1.54) is 10.9 Å². The highest BCUT2D eigenvalue weighted by Crippen LogP contribution is 2.57. The molecule has 1 N–H and O–H groups in total. The van der Waals surface area contributed by atoms with E-state index in [0.717, 1.165) is 23.3 Å². The van der Waals surface area contributed by atoms with Gasteiger partial charge < -0.3 is 19.7 Å². The number of anilines is 1. The largest absolute Gasteiger partial charge is 0.459 e. The summed E-state index contributed by atoms with van der Waals surface area (Å²) in [5.41, 5.74) is 1.08. The van der Waals surface area contributed by atoms with Crippen molar-refractivity contribution in [2.45, 2.75) is 96.1 Å². The van der Waals surface area contributed by atoms with Gasteiger partial charge in [0.05, 0.1) is 6.04 Å². The molecule has 2 aliphatic rings. The van der Waals surface area contributed by atoms with Gasteiger partial charge in [-0.2, -0.15) is 0 Å². The third-order valence-corrected chi connectivity index (χ3v) is 10.4. The highest BCUT2D eigenvalue weighted by atomic mass is 35.5. The van der Waals surface area contributed by atoms with Crippen LogP contribution in [-0.4, -0.2) is 62.7 Å². The molecule has 0 unspecified atom stereocenters. The Labute approximate surface area is 279 Å². The van der Waals surface area contributed by atoms with E-state index in [9.17, 15) is 14.4 Å². The molecule has 0 aromatic heterocycles. The van der Waals surface area contributed by atoms with Crippen LogP contribution in [-0.2, 0) is 29.3 Å². The van der Waals surface area contributed by atoms with Crippen LogP contribution in [0.3, 0.4) is 0 Å². The van der Waals surface area contributed by atoms with Crippen LogP contribution >= 0.6 is 23.2 Å². The lowest BCUT2D eigenvalue weighted by Gasteiger charge is -2.52. The molecule has 3 atom stereocenters. The molecule has 0 saturated carbocycles. The molecule has 1 spiro atoms. The summed E-state index contributed by atoms with van der Waals surface area (Å²) in [7, 11) is 0.961. The first-order chi connectivity index (χ1) is 21.0. The highest BCUT2D eigenvalue weighted by molar-refractivity contribution is 6.76. The normalized spacial score (nSPS) is 21.7. The van der Waals surface area contributed by atoms with E-state index < -0.39 is 37.0 Å². The molecule has 4 rings (SSSR count). The Balaban J connectivity index is 0.000000610. The van der Waals surface area contributed by atoms with Crippen molar-refractivity contribution in [3.8, 4) is 0 Å². The van der Waals surface area contributed by atoms with Gasteiger partial charge in [-0.3, -0.25) is 14.4 Å². The summed E-state index contributed by atoms with van der Waals surface area (Å²) < 4.78 is 10.5. The maximum absolute atomic E-state index is 14.2. The van der Waals surface area contributed by atoms with Crippen LogP contribution in [0.4, 0.5) is 5.69 Å². The second-order valence-electron chi connectivity index (χ2n) is 13.9. The molecule has 0 bridgehead atoms. The zero-order valence-electron chi connectivity index (χ0n) is 28.1. The molecular formula is C35H48Cl2N2O5Si. The number of allylic oxidation sites excluding steroid dienone is 1. The number of rotatable bonds is 8. The van der Waals surface area contributed by atoms with E-state index in [4.69, 9.17) is 32.7 Å². The molecule has 1 fully saturated rings. The predicted octanol–water partition coefficient (Wildman–Crippen LogP) is 8.24. The van der Waals surface area contributed by atoms with Gasteiger partial charge in [-0.25, -0.2) is 0 Å². The number of fused-ring (bicyclic) bond motifs is 2. The minimum atomic E-state index is -1.21. The molecule has 2 aliphatic heterocycles. The number of carbonyl (C=O) groups is 3. The summed E-state index contributed by atoms with van der Waals surface area (Å²) in [4.78, 5) is 42.6. The van der Waals surface area contributed by atoms with Crippen molar-refractivity contribution in [3.05, 3.63) is 75.3 Å². The maximum atomic E-state index is 14.2. The lowest BCUT2D eigenvalue weighted by Crippen LogP contribution is -2.64. The van der Waals surface area contributed by atoms with Gasteiger partial charge in [-0.1, -0.05) is 79.6 Å². The van der Waals surface area contributed by atoms with Gasteiger partial charge in [0, 0.05) is 49.9 Å². The molecule has 0 radical (unpaired) electrons. The van der Waals surface area contributed by atoms with Crippen LogP contribution in [0.1, 0.15) is 64.5 Å². The first kappa shape index (κ1) is 36.8. The number of amides is 2. The molecule has 246 valence electrons. The predicted molar refractivity (Wildman–Crippen MR) is 186 cm³/mol. The van der Waals surface area contributed by atoms with Crippen molar-refractivity contribution in [1.82, 2.24) is 4.90 Å². The number of nitrogens with zero attached hydrogens (tertiary/aromatic N) is 1. The summed E-state index contributed by atoms with van der Waals surface area (Å²) in [5, 5.41) is 4.05. The fraction of sp³-hybridized carbons (Fsp3) is 0.514. The first-order valence-electron chi connectivity index (χ1n) is 15.5. The molecular weight excluding hydrogens is 627 g/mol. The number of halogens is 2. The third-order valence-electron chi connectivity index (χ3n) is 8.20. The number of benzene rings is 2. The molecule has 1 saturated heterocycles. The Morgan fingerprint density at radius 2 is 1.78 bits per heavy atom. The number of methoxy groups -OCH3 is 1. The standard InChI is InChI=1S/C29H32Cl2N2O4.C6H16OSi/c1-6-17(7-2)26-29(21-12-11-20(31)14-23(21)32-27(29)36)22(18-9-8-10-19(30)13-18)15-24(34)33(26)16-25(35)37-28(3,4)5;1-7-5-6-8(2,3)4/h6,8-14,22,26H,7,15-16H2,1-5H3,(H,32,36);5-6H2,1-4H3/t22-,26+,29-;/m0./s1. The second kappa shape index (κ2) is 14.8. The van der Waals surface area contributed by atoms with Gasteiger partial charge in [-0.15, -0.1) is 0 Å². The van der Waals surface area contributed by atoms with Crippen LogP contribution in [0.15, 0.2) is 54.1 Å². The van der Waals surface area contributed by atoms with Crippen molar-refractivity contribution in [3.63, 3.8) is 0 Å². The van der Waals surface area contributed by atoms with Crippen molar-refractivity contribution in [2.24, 2.45) is 0 Å². The summed E-state index contributed by atoms with van der Waals surface area (Å²) >= 11 is 12.7. The Morgan fingerprint density at radius 1 is 1.11 bits per heavy atom. The van der Waals surface area contributed by atoms with Crippen LogP contribution in [0.25, 0.3) is 0 Å². The third kappa shape index (κ3) is 8.59. The van der Waals surface area contributed by atoms with Crippen molar-refractivity contribution in [1.29, 1.82) is 0 Å². The molecule has 45 heavy (non-hydrogen) atoms. The van der Waals surface area contributed by atoms with Crippen LogP contribution in [0, 0.1) is 0 Å². The number of esters is 1. The molecule has 0 aliphatic carbocycles. The number of nitrogens with one attached hydrogen (secondary N) is 1. The number of piperidine rings is 1. The fourth-order valence-electron chi connectivity index (χ4n) is 6.23. The Hall–Kier alpha value is -2.65. The Morgan fingerprint density at radius 3 is 2.31 bits per heavy atom. The summed E-state index contributed by atoms with van der Waals surface area (Å²) in [5.74, 6) is -1.52. The maximum Gasteiger partial charge on any atom is 0.326 e. The fourth-order valence-corrected chi connectivity index (χ4v) is 7.42. The van der Waals surface area contributed by atoms with E-state index in [2.05, 4.69) is 25.0 Å². The zero-order chi connectivity index (χ0) is 33.7. The lowest BCUT2D eigenvalue weighted by atomic mass is 9.58. The molecule has 2 aromatic rings. The van der Waals surface area contributed by atoms with Gasteiger partial charge in [0.25, 0.3) is 0 Å². The quantitative estimate of drug-likeness (QED) is 0.173. The van der Waals surface area contributed by atoms with Gasteiger partial charge in [0.1, 0.15) is 17.6 Å². The van der Waals surface area contributed by atoms with Crippen molar-refractivity contribution < 1.29 is 23.9 Å². The monoisotopic (exact) mass is 674 g/mol. The number of ether oxygens (including phenoxy) is 2. The van der Waals surface area contributed by atoms with Gasteiger partial charge >= 0.3 is 5.97 Å². The smallest absolute Gasteiger partial charge is 0.326 e. The number of likely N-dealkylation sites (tertiary alicyclic amines) is 1. The van der Waals surface area contributed by atoms with Gasteiger partial charge in [0.15, 0.2) is 0 Å². The average Bonchev–Trinajstić information content (AvgIpc) is 3.21. The minimum absolute atomic E-state index is 0.0236. The van der Waals surface area contributed by atoms with E-state index in [1.807, 2.05) is 44.2 Å². The second-order valence-corrected chi connectivity index (χ2v) is 20.4. The Bertz CT molecular complexity index is 1430. The molecule has 7 nitrogen and oxygen atoms in total. The van der Waals surface area contributed by atoms with Gasteiger partial charge in [0.2, 0.25) is 11.8 Å². The van der Waals surface area contributed by atoms with Crippen LogP contribution in [0.5, 0.6) is 0 Å². The number of hydrogen-bond acceptors (Lipinski definition) is 5. The summed E-state index contributed by atoms with van der Waals surface area (Å²) in [6, 6.07) is 13.2. The summed E-state index contributed by atoms with van der Waals surface area (Å²) in [6.45, 7) is 17.0. The van der Waals surface area contributed by atoms with Gasteiger partial charge in [-0.05, 0) is 75.6 Å². The highest BCUT2D eigenvalue weighted by Gasteiger charge is 2.63. The topological polar surface area (TPSA) is 84.9 Å². The molecule has 2 amide bonds. The Kier molecular flexibility index (Phi) is 12.1. The van der Waals surface area contributed by atoms with E-state index in [-0.39, 0.29) is 24.8 Å². The van der Waals surface area contributed by atoms with Crippen molar-refractivity contribution >= 4 is 54.7 Å². The first-order valence-corrected chi connectivity index (χ1v) is 20.0. The molecule has 2 aromatic carbocycles. The number of carbonyl (C=O) groups excluding carboxylic acids is 3. The zero-order valence-corrected chi connectivity index (χ0v) is 30.6. The van der Waals surface area contributed by atoms with Crippen LogP contribution in [0.2, 0.25) is 35.7 Å². The minimum Gasteiger partial charge on any atom is -0.459 e. The average molecular weight is 676 g/mol. The van der Waals surface area contributed by atoms with E-state index in [1.54, 1.807) is 46.1 Å². The SMILES string of the molecule is CC=C(CC)[C@H]1N(CC(=O)OC(C)(C)C)C(=O)C[C@@H](c2cccc(Cl)c2)[C@]12C(=O)Nc1cc(Cl)ccc12.COCC[Si](C)(C)C. The van der Waals surface area contributed by atoms with Crippen LogP contribution < -0.4 is 5.32 Å². The van der Waals surface area contributed by atoms with Crippen molar-refractivity contribution in [2.75, 3.05) is 25.6 Å².